The molecule has 0 radical (unpaired) electrons. The number of anilines is 1. The molecule has 7 heteroatoms. The summed E-state index contributed by atoms with van der Waals surface area (Å²) in [6.07, 6.45) is 5.32. The van der Waals surface area contributed by atoms with Crippen LogP contribution in [-0.4, -0.2) is 53.6 Å². The number of thiophene rings is 1. The summed E-state index contributed by atoms with van der Waals surface area (Å²) in [5.41, 5.74) is 0.536. The molecule has 3 atom stereocenters. The maximum absolute atomic E-state index is 12.6. The van der Waals surface area contributed by atoms with Crippen molar-refractivity contribution in [3.63, 3.8) is 0 Å². The van der Waals surface area contributed by atoms with E-state index in [1.54, 1.807) is 11.3 Å². The summed E-state index contributed by atoms with van der Waals surface area (Å²) >= 11 is 3.80. The van der Waals surface area contributed by atoms with Gasteiger partial charge >= 0.3 is 0 Å². The molecule has 2 N–H and O–H groups in total. The molecular weight excluding hydrogens is 352 g/mol. The lowest BCUT2D eigenvalue weighted by Crippen LogP contribution is -2.43. The molecule has 2 bridgehead atoms. The number of rotatable bonds is 3. The maximum atomic E-state index is 12.6. The molecule has 2 aromatic rings. The third-order valence-electron chi connectivity index (χ3n) is 5.56. The number of hydrogen-bond acceptors (Lipinski definition) is 6. The maximum Gasteiger partial charge on any atom is 0.270 e. The topological polar surface area (TPSA) is 57.3 Å². The lowest BCUT2D eigenvalue weighted by molar-refractivity contribution is 0.0926. The first kappa shape index (κ1) is 15.9. The number of nitrogens with one attached hydrogen (secondary N) is 2. The monoisotopic (exact) mass is 374 g/mol. The molecule has 5 rings (SSSR count). The molecule has 25 heavy (non-hydrogen) atoms. The number of pyridine rings is 1. The molecule has 0 aromatic carbocycles. The Bertz CT molecular complexity index is 801. The van der Waals surface area contributed by atoms with E-state index >= 15 is 0 Å². The Morgan fingerprint density at radius 3 is 2.92 bits per heavy atom. The fourth-order valence-corrected chi connectivity index (χ4v) is 6.19. The van der Waals surface area contributed by atoms with Gasteiger partial charge in [-0.25, -0.2) is 4.98 Å². The summed E-state index contributed by atoms with van der Waals surface area (Å²) in [4.78, 5) is 19.5. The first-order valence-electron chi connectivity index (χ1n) is 9.05. The molecule has 3 saturated heterocycles. The van der Waals surface area contributed by atoms with Gasteiger partial charge in [0, 0.05) is 48.9 Å². The van der Waals surface area contributed by atoms with Crippen LogP contribution in [-0.2, 0) is 0 Å². The van der Waals surface area contributed by atoms with Gasteiger partial charge in [-0.1, -0.05) is 0 Å². The zero-order chi connectivity index (χ0) is 16.8. The van der Waals surface area contributed by atoms with Crippen molar-refractivity contribution in [3.8, 4) is 0 Å². The molecule has 0 aliphatic carbocycles. The Hall–Kier alpha value is -1.31. The van der Waals surface area contributed by atoms with E-state index in [0.717, 1.165) is 29.6 Å². The number of hydrogen-bond donors (Lipinski definition) is 2. The minimum Gasteiger partial charge on any atom is -0.362 e. The van der Waals surface area contributed by atoms with E-state index in [1.807, 2.05) is 24.0 Å². The van der Waals surface area contributed by atoms with Gasteiger partial charge in [-0.3, -0.25) is 4.79 Å². The van der Waals surface area contributed by atoms with Gasteiger partial charge in [-0.05, 0) is 36.8 Å². The number of carbonyl (C=O) groups is 1. The van der Waals surface area contributed by atoms with Gasteiger partial charge in [0.2, 0.25) is 0 Å². The van der Waals surface area contributed by atoms with Crippen molar-refractivity contribution in [3.05, 3.63) is 24.0 Å². The lowest BCUT2D eigenvalue weighted by atomic mass is 9.95. The number of aromatic nitrogens is 1. The van der Waals surface area contributed by atoms with Crippen molar-refractivity contribution < 1.29 is 4.79 Å². The van der Waals surface area contributed by atoms with E-state index in [2.05, 4.69) is 26.6 Å². The average Bonchev–Trinajstić information content (AvgIpc) is 3.36. The predicted octanol–water partition coefficient (Wildman–Crippen LogP) is 2.47. The van der Waals surface area contributed by atoms with Crippen LogP contribution in [0, 0.1) is 0 Å². The van der Waals surface area contributed by atoms with Crippen molar-refractivity contribution in [2.75, 3.05) is 29.5 Å². The highest BCUT2D eigenvalue weighted by molar-refractivity contribution is 7.99. The Labute approximate surface area is 155 Å². The highest BCUT2D eigenvalue weighted by Crippen LogP contribution is 2.34. The molecule has 3 aliphatic rings. The van der Waals surface area contributed by atoms with Crippen molar-refractivity contribution in [1.29, 1.82) is 0 Å². The molecule has 1 amide bonds. The second-order valence-electron chi connectivity index (χ2n) is 7.15. The van der Waals surface area contributed by atoms with Crippen LogP contribution in [0.1, 0.15) is 29.8 Å². The third kappa shape index (κ3) is 3.02. The van der Waals surface area contributed by atoms with Crippen LogP contribution < -0.4 is 15.5 Å². The van der Waals surface area contributed by atoms with Crippen LogP contribution in [0.2, 0.25) is 0 Å². The van der Waals surface area contributed by atoms with Gasteiger partial charge in [0.05, 0.1) is 9.70 Å². The van der Waals surface area contributed by atoms with Crippen molar-refractivity contribution in [2.24, 2.45) is 0 Å². The number of fused-ring (bicyclic) bond motifs is 3. The van der Waals surface area contributed by atoms with Crippen LogP contribution in [0.3, 0.4) is 0 Å². The van der Waals surface area contributed by atoms with Gasteiger partial charge in [-0.15, -0.1) is 11.3 Å². The van der Waals surface area contributed by atoms with Gasteiger partial charge in [0.1, 0.15) is 5.69 Å². The Morgan fingerprint density at radius 1 is 1.28 bits per heavy atom. The van der Waals surface area contributed by atoms with E-state index in [4.69, 9.17) is 0 Å². The molecule has 3 aliphatic heterocycles. The first-order valence-corrected chi connectivity index (χ1v) is 11.0. The summed E-state index contributed by atoms with van der Waals surface area (Å²) in [7, 11) is 0. The fourth-order valence-electron chi connectivity index (χ4n) is 4.22. The zero-order valence-electron chi connectivity index (χ0n) is 14.0. The summed E-state index contributed by atoms with van der Waals surface area (Å²) < 4.78 is 1.16. The van der Waals surface area contributed by atoms with E-state index in [9.17, 15) is 4.79 Å². The summed E-state index contributed by atoms with van der Waals surface area (Å²) in [5.74, 6) is 2.35. The average molecular weight is 375 g/mol. The standard InChI is InChI=1S/C18H22N4OS2/c23-18(21-14-9-12-1-2-13(14)20-12)15-7-11-8-17(25-16(11)10-19-15)22-3-5-24-6-4-22/h7-8,10,12-14,20H,1-6,9H2,(H,21,23)/t12-,13+,14-/m1/s1. The number of carbonyl (C=O) groups excluding carboxylic acids is 1. The fraction of sp³-hybridized carbons (Fsp3) is 0.556. The van der Waals surface area contributed by atoms with Crippen molar-refractivity contribution in [1.82, 2.24) is 15.6 Å². The molecule has 0 saturated carbocycles. The van der Waals surface area contributed by atoms with Gasteiger partial charge in [0.15, 0.2) is 0 Å². The minimum atomic E-state index is -0.0385. The largest absolute Gasteiger partial charge is 0.362 e. The molecule has 3 fully saturated rings. The third-order valence-corrected chi connectivity index (χ3v) is 7.65. The number of nitrogens with zero attached hydrogens (tertiary/aromatic N) is 2. The van der Waals surface area contributed by atoms with Crippen LogP contribution in [0.4, 0.5) is 5.00 Å². The molecular formula is C18H22N4OS2. The Kier molecular flexibility index (Phi) is 4.10. The normalized spacial score (nSPS) is 28.6. The SMILES string of the molecule is O=C(N[C@@H]1C[C@H]2CC[C@@H]1N2)c1cc2cc(N3CCSCC3)sc2cn1. The minimum absolute atomic E-state index is 0.0385. The van der Waals surface area contributed by atoms with E-state index in [1.165, 1.54) is 29.3 Å². The summed E-state index contributed by atoms with van der Waals surface area (Å²) in [6.45, 7) is 2.21. The Morgan fingerprint density at radius 2 is 2.16 bits per heavy atom. The highest BCUT2D eigenvalue weighted by Gasteiger charge is 2.39. The molecule has 5 heterocycles. The molecule has 0 unspecified atom stereocenters. The van der Waals surface area contributed by atoms with E-state index in [-0.39, 0.29) is 11.9 Å². The molecule has 5 nitrogen and oxygen atoms in total. The van der Waals surface area contributed by atoms with E-state index in [0.29, 0.717) is 17.8 Å². The molecule has 2 aromatic heterocycles. The van der Waals surface area contributed by atoms with Crippen molar-refractivity contribution in [2.45, 2.75) is 37.4 Å². The van der Waals surface area contributed by atoms with Gasteiger partial charge < -0.3 is 15.5 Å². The van der Waals surface area contributed by atoms with Crippen LogP contribution in [0.5, 0.6) is 0 Å². The molecule has 0 spiro atoms. The highest BCUT2D eigenvalue weighted by atomic mass is 32.2. The number of amides is 1. The van der Waals surface area contributed by atoms with Crippen LogP contribution in [0.25, 0.3) is 10.1 Å². The predicted molar refractivity (Wildman–Crippen MR) is 105 cm³/mol. The zero-order valence-corrected chi connectivity index (χ0v) is 15.7. The quantitative estimate of drug-likeness (QED) is 0.864. The van der Waals surface area contributed by atoms with Crippen LogP contribution in [0.15, 0.2) is 18.3 Å². The van der Waals surface area contributed by atoms with Crippen molar-refractivity contribution >= 4 is 44.1 Å². The first-order chi connectivity index (χ1) is 12.3. The van der Waals surface area contributed by atoms with Gasteiger partial charge in [-0.2, -0.15) is 11.8 Å². The number of thioether (sulfide) groups is 1. The van der Waals surface area contributed by atoms with Crippen LogP contribution >= 0.6 is 23.1 Å². The van der Waals surface area contributed by atoms with Gasteiger partial charge in [0.25, 0.3) is 5.91 Å². The smallest absolute Gasteiger partial charge is 0.270 e. The summed E-state index contributed by atoms with van der Waals surface area (Å²) in [5, 5.41) is 9.18. The summed E-state index contributed by atoms with van der Waals surface area (Å²) in [6, 6.07) is 5.46. The Balaban J connectivity index is 1.34. The lowest BCUT2D eigenvalue weighted by Gasteiger charge is -2.26. The van der Waals surface area contributed by atoms with E-state index < -0.39 is 0 Å². The second kappa shape index (κ2) is 6.45. The molecule has 132 valence electrons. The second-order valence-corrected chi connectivity index (χ2v) is 9.44.